The number of carbonyl (C=O) groups excluding carboxylic acids is 1. The Hall–Kier alpha value is -0.260. The van der Waals surface area contributed by atoms with Crippen LogP contribution in [0.2, 0.25) is 0 Å². The highest BCUT2D eigenvalue weighted by atomic mass is 32.1. The van der Waals surface area contributed by atoms with E-state index in [1.807, 2.05) is 0 Å². The topological polar surface area (TPSA) is 64.4 Å². The van der Waals surface area contributed by atoms with Crippen molar-refractivity contribution in [3.63, 3.8) is 0 Å². The molecule has 0 bridgehead atoms. The molecule has 3 N–H and O–H groups in total. The predicted molar refractivity (Wildman–Crippen MR) is 51.3 cm³/mol. The monoisotopic (exact) mass is 192 g/mol. The summed E-state index contributed by atoms with van der Waals surface area (Å²) in [5.41, 5.74) is 5.31. The molecule has 0 aliphatic rings. The number of carbonyl (C=O) groups is 1. The highest BCUT2D eigenvalue weighted by molar-refractivity contribution is 7.80. The molecule has 0 aromatic heterocycles. The van der Waals surface area contributed by atoms with Crippen molar-refractivity contribution < 1.29 is 9.53 Å². The fourth-order valence-electron chi connectivity index (χ4n) is 0.574. The van der Waals surface area contributed by atoms with Crippen LogP contribution in [0.4, 0.5) is 0 Å². The number of nitrogens with two attached hydrogens (primary N) is 1. The maximum Gasteiger partial charge on any atom is 0.236 e. The van der Waals surface area contributed by atoms with Gasteiger partial charge in [0, 0.05) is 12.3 Å². The van der Waals surface area contributed by atoms with Gasteiger partial charge in [0.1, 0.15) is 0 Å². The van der Waals surface area contributed by atoms with Crippen molar-refractivity contribution in [3.05, 3.63) is 0 Å². The molecule has 0 aliphatic heterocycles. The molecule has 1 amide bonds. The maximum absolute atomic E-state index is 10.9. The van der Waals surface area contributed by atoms with Gasteiger partial charge in [0.2, 0.25) is 5.91 Å². The zero-order valence-electron chi connectivity index (χ0n) is 7.25. The fraction of sp³-hybridized carbons (Fsp3) is 0.857. The first-order chi connectivity index (χ1) is 5.68. The quantitative estimate of drug-likeness (QED) is 0.389. The molecule has 0 spiro atoms. The molecule has 5 heteroatoms. The molecule has 0 fully saturated rings. The van der Waals surface area contributed by atoms with Crippen molar-refractivity contribution in [1.29, 1.82) is 0 Å². The molecule has 0 aromatic rings. The number of amides is 1. The summed E-state index contributed by atoms with van der Waals surface area (Å²) < 4.78 is 5.08. The highest BCUT2D eigenvalue weighted by Gasteiger charge is 2.04. The summed E-state index contributed by atoms with van der Waals surface area (Å²) in [6.45, 7) is 3.27. The molecule has 0 heterocycles. The van der Waals surface area contributed by atoms with Crippen LogP contribution in [0.25, 0.3) is 0 Å². The molecule has 72 valence electrons. The third-order valence-electron chi connectivity index (χ3n) is 1.19. The first kappa shape index (κ1) is 11.7. The standard InChI is InChI=1S/C7H16N2O2S/c1-6(8)7(10)9-2-3-11-4-5-12/h6,12H,2-5,8H2,1H3,(H,9,10). The Morgan fingerprint density at radius 1 is 1.67 bits per heavy atom. The van der Waals surface area contributed by atoms with Crippen LogP contribution in [0.5, 0.6) is 0 Å². The van der Waals surface area contributed by atoms with Crippen molar-refractivity contribution in [2.75, 3.05) is 25.5 Å². The number of rotatable bonds is 6. The van der Waals surface area contributed by atoms with Gasteiger partial charge in [-0.3, -0.25) is 4.79 Å². The molecule has 0 radical (unpaired) electrons. The number of thiol groups is 1. The van der Waals surface area contributed by atoms with Crippen LogP contribution in [-0.2, 0) is 9.53 Å². The Labute approximate surface area is 78.2 Å². The van der Waals surface area contributed by atoms with Crippen LogP contribution in [-0.4, -0.2) is 37.5 Å². The lowest BCUT2D eigenvalue weighted by molar-refractivity contribution is -0.122. The van der Waals surface area contributed by atoms with E-state index >= 15 is 0 Å². The molecule has 0 saturated heterocycles. The van der Waals surface area contributed by atoms with E-state index in [4.69, 9.17) is 10.5 Å². The third kappa shape index (κ3) is 6.45. The van der Waals surface area contributed by atoms with Crippen LogP contribution in [0.1, 0.15) is 6.92 Å². The van der Waals surface area contributed by atoms with Crippen LogP contribution in [0.3, 0.4) is 0 Å². The van der Waals surface area contributed by atoms with Gasteiger partial charge in [-0.05, 0) is 6.92 Å². The zero-order valence-corrected chi connectivity index (χ0v) is 8.14. The Balaban J connectivity index is 3.14. The molecule has 4 nitrogen and oxygen atoms in total. The minimum Gasteiger partial charge on any atom is -0.379 e. The van der Waals surface area contributed by atoms with Gasteiger partial charge in [-0.2, -0.15) is 12.6 Å². The molecule has 1 atom stereocenters. The van der Waals surface area contributed by atoms with Crippen molar-refractivity contribution >= 4 is 18.5 Å². The molecular weight excluding hydrogens is 176 g/mol. The summed E-state index contributed by atoms with van der Waals surface area (Å²) in [5.74, 6) is 0.547. The lowest BCUT2D eigenvalue weighted by Crippen LogP contribution is -2.39. The van der Waals surface area contributed by atoms with E-state index in [2.05, 4.69) is 17.9 Å². The molecule has 1 unspecified atom stereocenters. The normalized spacial score (nSPS) is 12.6. The van der Waals surface area contributed by atoms with Gasteiger partial charge in [-0.25, -0.2) is 0 Å². The lowest BCUT2D eigenvalue weighted by atomic mass is 10.3. The first-order valence-corrected chi connectivity index (χ1v) is 4.53. The second-order valence-corrected chi connectivity index (χ2v) is 2.86. The fourth-order valence-corrected chi connectivity index (χ4v) is 0.703. The van der Waals surface area contributed by atoms with Crippen molar-refractivity contribution in [2.45, 2.75) is 13.0 Å². The average Bonchev–Trinajstić information content (AvgIpc) is 2.03. The van der Waals surface area contributed by atoms with E-state index in [-0.39, 0.29) is 5.91 Å². The van der Waals surface area contributed by atoms with Crippen molar-refractivity contribution in [2.24, 2.45) is 5.73 Å². The molecular formula is C7H16N2O2S. The Bertz CT molecular complexity index is 131. The van der Waals surface area contributed by atoms with Gasteiger partial charge in [-0.15, -0.1) is 0 Å². The van der Waals surface area contributed by atoms with Crippen molar-refractivity contribution in [3.8, 4) is 0 Å². The molecule has 0 saturated carbocycles. The largest absolute Gasteiger partial charge is 0.379 e. The van der Waals surface area contributed by atoms with E-state index in [0.29, 0.717) is 25.5 Å². The summed E-state index contributed by atoms with van der Waals surface area (Å²) in [5, 5.41) is 2.63. The number of hydrogen-bond donors (Lipinski definition) is 3. The van der Waals surface area contributed by atoms with Gasteiger partial charge < -0.3 is 15.8 Å². The van der Waals surface area contributed by atoms with E-state index < -0.39 is 6.04 Å². The molecule has 0 aliphatic carbocycles. The summed E-state index contributed by atoms with van der Waals surface area (Å²) in [6.07, 6.45) is 0. The summed E-state index contributed by atoms with van der Waals surface area (Å²) in [7, 11) is 0. The Morgan fingerprint density at radius 3 is 2.83 bits per heavy atom. The van der Waals surface area contributed by atoms with Crippen molar-refractivity contribution in [1.82, 2.24) is 5.32 Å². The molecule has 12 heavy (non-hydrogen) atoms. The maximum atomic E-state index is 10.9. The third-order valence-corrected chi connectivity index (χ3v) is 1.38. The summed E-state index contributed by atoms with van der Waals surface area (Å²) >= 11 is 3.96. The summed E-state index contributed by atoms with van der Waals surface area (Å²) in [4.78, 5) is 10.9. The van der Waals surface area contributed by atoms with Gasteiger partial charge in [0.15, 0.2) is 0 Å². The van der Waals surface area contributed by atoms with E-state index in [0.717, 1.165) is 0 Å². The molecule has 0 rings (SSSR count). The number of hydrogen-bond acceptors (Lipinski definition) is 4. The number of ether oxygens (including phenoxy) is 1. The number of nitrogens with one attached hydrogen (secondary N) is 1. The van der Waals surface area contributed by atoms with Crippen LogP contribution < -0.4 is 11.1 Å². The minimum atomic E-state index is -0.449. The summed E-state index contributed by atoms with van der Waals surface area (Å²) in [6, 6.07) is -0.449. The van der Waals surface area contributed by atoms with Crippen LogP contribution in [0.15, 0.2) is 0 Å². The lowest BCUT2D eigenvalue weighted by Gasteiger charge is -2.07. The molecule has 0 aromatic carbocycles. The van der Waals surface area contributed by atoms with Gasteiger partial charge >= 0.3 is 0 Å². The van der Waals surface area contributed by atoms with Crippen LogP contribution in [0, 0.1) is 0 Å². The van der Waals surface area contributed by atoms with E-state index in [1.54, 1.807) is 6.92 Å². The van der Waals surface area contributed by atoms with Gasteiger partial charge in [0.25, 0.3) is 0 Å². The van der Waals surface area contributed by atoms with Gasteiger partial charge in [-0.1, -0.05) is 0 Å². The predicted octanol–water partition coefficient (Wildman–Crippen LogP) is -0.604. The minimum absolute atomic E-state index is 0.149. The SMILES string of the molecule is CC(N)C(=O)NCCOCCS. The smallest absolute Gasteiger partial charge is 0.236 e. The average molecular weight is 192 g/mol. The zero-order chi connectivity index (χ0) is 9.40. The first-order valence-electron chi connectivity index (χ1n) is 3.90. The Morgan fingerprint density at radius 2 is 2.33 bits per heavy atom. The van der Waals surface area contributed by atoms with E-state index in [1.165, 1.54) is 0 Å². The Kier molecular flexibility index (Phi) is 7.23. The van der Waals surface area contributed by atoms with Gasteiger partial charge in [0.05, 0.1) is 19.3 Å². The second-order valence-electron chi connectivity index (χ2n) is 2.42. The van der Waals surface area contributed by atoms with E-state index in [9.17, 15) is 4.79 Å². The highest BCUT2D eigenvalue weighted by Crippen LogP contribution is 1.78. The second kappa shape index (κ2) is 7.39. The van der Waals surface area contributed by atoms with Crippen LogP contribution >= 0.6 is 12.6 Å².